The Morgan fingerprint density at radius 1 is 1.08 bits per heavy atom. The van der Waals surface area contributed by atoms with Crippen LogP contribution in [0.15, 0.2) is 55.0 Å². The average Bonchev–Trinajstić information content (AvgIpc) is 2.97. The first kappa shape index (κ1) is 14.8. The van der Waals surface area contributed by atoms with Crippen LogP contribution in [-0.4, -0.2) is 35.6 Å². The Kier molecular flexibility index (Phi) is 3.35. The van der Waals surface area contributed by atoms with Gasteiger partial charge in [0.05, 0.1) is 17.0 Å². The van der Waals surface area contributed by atoms with E-state index in [9.17, 15) is 4.79 Å². The first-order valence-corrected chi connectivity index (χ1v) is 7.39. The molecule has 4 rings (SSSR count). The van der Waals surface area contributed by atoms with Crippen molar-refractivity contribution in [1.82, 2.24) is 24.6 Å². The third kappa shape index (κ3) is 2.55. The molecular formula is C17H12N6O2. The van der Waals surface area contributed by atoms with E-state index in [1.165, 1.54) is 6.07 Å². The highest BCUT2D eigenvalue weighted by Crippen LogP contribution is 2.28. The maximum atomic E-state index is 11.1. The zero-order valence-corrected chi connectivity index (χ0v) is 12.9. The molecule has 0 aromatic carbocycles. The Morgan fingerprint density at radius 3 is 2.68 bits per heavy atom. The van der Waals surface area contributed by atoms with Gasteiger partial charge in [-0.1, -0.05) is 12.1 Å². The molecule has 4 aromatic heterocycles. The van der Waals surface area contributed by atoms with Gasteiger partial charge < -0.3 is 10.8 Å². The van der Waals surface area contributed by atoms with Crippen molar-refractivity contribution in [3.63, 3.8) is 0 Å². The lowest BCUT2D eigenvalue weighted by Crippen LogP contribution is -2.01. The predicted octanol–water partition coefficient (Wildman–Crippen LogP) is 2.13. The first-order chi connectivity index (χ1) is 12.1. The van der Waals surface area contributed by atoms with Crippen molar-refractivity contribution >= 4 is 17.4 Å². The average molecular weight is 332 g/mol. The highest BCUT2D eigenvalue weighted by atomic mass is 16.4. The van der Waals surface area contributed by atoms with Crippen molar-refractivity contribution in [3.8, 4) is 22.5 Å². The fraction of sp³-hybridized carbons (Fsp3) is 0. The number of carbonyl (C=O) groups is 1. The number of nitrogens with two attached hydrogens (primary N) is 1. The summed E-state index contributed by atoms with van der Waals surface area (Å²) in [5, 5.41) is 13.4. The van der Waals surface area contributed by atoms with Crippen LogP contribution in [0.5, 0.6) is 0 Å². The molecule has 0 aliphatic heterocycles. The SMILES string of the molecule is Nc1nn2cc(-c3cccc(C(=O)O)n3)cnc2c1-c1ccccn1. The first-order valence-electron chi connectivity index (χ1n) is 7.39. The van der Waals surface area contributed by atoms with Gasteiger partial charge in [0.15, 0.2) is 11.5 Å². The minimum absolute atomic E-state index is 0.0354. The Hall–Kier alpha value is -3.81. The summed E-state index contributed by atoms with van der Waals surface area (Å²) in [6, 6.07) is 10.3. The van der Waals surface area contributed by atoms with Crippen LogP contribution in [-0.2, 0) is 0 Å². The minimum Gasteiger partial charge on any atom is -0.477 e. The zero-order chi connectivity index (χ0) is 17.4. The molecular weight excluding hydrogens is 320 g/mol. The summed E-state index contributed by atoms with van der Waals surface area (Å²) in [5.74, 6) is -0.771. The highest BCUT2D eigenvalue weighted by molar-refractivity contribution is 5.86. The van der Waals surface area contributed by atoms with E-state index in [0.717, 1.165) is 0 Å². The van der Waals surface area contributed by atoms with Gasteiger partial charge in [0, 0.05) is 24.2 Å². The van der Waals surface area contributed by atoms with E-state index in [0.29, 0.717) is 34.0 Å². The maximum Gasteiger partial charge on any atom is 0.354 e. The standard InChI is InChI=1S/C17H12N6O2/c18-15-14(12-4-1-2-7-19-12)16-20-8-10(9-23(16)22-15)11-5-3-6-13(21-11)17(24)25/h1-9H,(H2,18,22)(H,24,25). The van der Waals surface area contributed by atoms with Gasteiger partial charge in [-0.2, -0.15) is 0 Å². The quantitative estimate of drug-likeness (QED) is 0.589. The zero-order valence-electron chi connectivity index (χ0n) is 12.9. The number of nitrogens with zero attached hydrogens (tertiary/aromatic N) is 5. The van der Waals surface area contributed by atoms with Crippen molar-refractivity contribution in [2.24, 2.45) is 0 Å². The largest absolute Gasteiger partial charge is 0.477 e. The number of carboxylic acid groups (broad SMARTS) is 1. The second-order valence-corrected chi connectivity index (χ2v) is 5.30. The van der Waals surface area contributed by atoms with Gasteiger partial charge >= 0.3 is 5.97 Å². The van der Waals surface area contributed by atoms with Crippen molar-refractivity contribution in [1.29, 1.82) is 0 Å². The molecule has 3 N–H and O–H groups in total. The van der Waals surface area contributed by atoms with Crippen LogP contribution in [0.3, 0.4) is 0 Å². The molecule has 0 radical (unpaired) electrons. The smallest absolute Gasteiger partial charge is 0.354 e. The summed E-state index contributed by atoms with van der Waals surface area (Å²) in [4.78, 5) is 23.9. The number of fused-ring (bicyclic) bond motifs is 1. The summed E-state index contributed by atoms with van der Waals surface area (Å²) >= 11 is 0. The summed E-state index contributed by atoms with van der Waals surface area (Å²) < 4.78 is 1.55. The summed E-state index contributed by atoms with van der Waals surface area (Å²) in [7, 11) is 0. The molecule has 4 aromatic rings. The normalized spacial score (nSPS) is 10.9. The molecule has 0 spiro atoms. The van der Waals surface area contributed by atoms with Crippen LogP contribution in [0.4, 0.5) is 5.82 Å². The van der Waals surface area contributed by atoms with Gasteiger partial charge in [0.25, 0.3) is 0 Å². The second-order valence-electron chi connectivity index (χ2n) is 5.30. The fourth-order valence-corrected chi connectivity index (χ4v) is 2.56. The Morgan fingerprint density at radius 2 is 1.92 bits per heavy atom. The van der Waals surface area contributed by atoms with Crippen LogP contribution in [0, 0.1) is 0 Å². The number of rotatable bonds is 3. The Bertz CT molecular complexity index is 1090. The van der Waals surface area contributed by atoms with E-state index < -0.39 is 5.97 Å². The molecule has 25 heavy (non-hydrogen) atoms. The molecule has 0 amide bonds. The summed E-state index contributed by atoms with van der Waals surface area (Å²) in [6.45, 7) is 0. The molecule has 0 fully saturated rings. The van der Waals surface area contributed by atoms with E-state index >= 15 is 0 Å². The third-order valence-corrected chi connectivity index (χ3v) is 3.68. The lowest BCUT2D eigenvalue weighted by Gasteiger charge is -2.03. The molecule has 0 saturated carbocycles. The van der Waals surface area contributed by atoms with Gasteiger partial charge in [-0.15, -0.1) is 5.10 Å². The van der Waals surface area contributed by atoms with Gasteiger partial charge in [0.1, 0.15) is 5.69 Å². The lowest BCUT2D eigenvalue weighted by molar-refractivity contribution is 0.0690. The van der Waals surface area contributed by atoms with Crippen LogP contribution in [0.2, 0.25) is 0 Å². The molecule has 0 aliphatic carbocycles. The number of aromatic carboxylic acids is 1. The second kappa shape index (κ2) is 5.68. The van der Waals surface area contributed by atoms with Crippen molar-refractivity contribution < 1.29 is 9.90 Å². The molecule has 0 bridgehead atoms. The van der Waals surface area contributed by atoms with Crippen molar-refractivity contribution in [3.05, 3.63) is 60.7 Å². The van der Waals surface area contributed by atoms with Crippen LogP contribution in [0.1, 0.15) is 10.5 Å². The number of carboxylic acids is 1. The van der Waals surface area contributed by atoms with Crippen LogP contribution >= 0.6 is 0 Å². The van der Waals surface area contributed by atoms with Gasteiger partial charge in [-0.05, 0) is 24.3 Å². The summed E-state index contributed by atoms with van der Waals surface area (Å²) in [6.07, 6.45) is 4.99. The topological polar surface area (TPSA) is 119 Å². The third-order valence-electron chi connectivity index (χ3n) is 3.68. The molecule has 8 heteroatoms. The minimum atomic E-state index is -1.09. The van der Waals surface area contributed by atoms with Gasteiger partial charge in [-0.3, -0.25) is 4.98 Å². The Labute approximate surface area is 141 Å². The molecule has 122 valence electrons. The maximum absolute atomic E-state index is 11.1. The van der Waals surface area contributed by atoms with E-state index in [1.54, 1.807) is 35.2 Å². The number of hydrogen-bond acceptors (Lipinski definition) is 6. The van der Waals surface area contributed by atoms with E-state index in [4.69, 9.17) is 10.8 Å². The van der Waals surface area contributed by atoms with Crippen LogP contribution < -0.4 is 5.73 Å². The van der Waals surface area contributed by atoms with E-state index in [2.05, 4.69) is 20.1 Å². The van der Waals surface area contributed by atoms with E-state index in [1.807, 2.05) is 18.2 Å². The Balaban J connectivity index is 1.85. The number of aromatic nitrogens is 5. The lowest BCUT2D eigenvalue weighted by atomic mass is 10.2. The molecule has 0 unspecified atom stereocenters. The van der Waals surface area contributed by atoms with Crippen LogP contribution in [0.25, 0.3) is 28.2 Å². The van der Waals surface area contributed by atoms with Gasteiger partial charge in [-0.25, -0.2) is 19.3 Å². The van der Waals surface area contributed by atoms with Crippen molar-refractivity contribution in [2.75, 3.05) is 5.73 Å². The molecule has 8 nitrogen and oxygen atoms in total. The molecule has 0 saturated heterocycles. The number of nitrogen functional groups attached to an aromatic ring is 1. The predicted molar refractivity (Wildman–Crippen MR) is 90.8 cm³/mol. The van der Waals surface area contributed by atoms with Crippen molar-refractivity contribution in [2.45, 2.75) is 0 Å². The van der Waals surface area contributed by atoms with Gasteiger partial charge in [0.2, 0.25) is 0 Å². The summed E-state index contributed by atoms with van der Waals surface area (Å²) in [5.41, 5.74) is 9.01. The molecule has 0 aliphatic rings. The highest BCUT2D eigenvalue weighted by Gasteiger charge is 2.16. The monoisotopic (exact) mass is 332 g/mol. The fourth-order valence-electron chi connectivity index (χ4n) is 2.56. The van der Waals surface area contributed by atoms with E-state index in [-0.39, 0.29) is 5.69 Å². The molecule has 0 atom stereocenters. The number of hydrogen-bond donors (Lipinski definition) is 2. The molecule has 4 heterocycles. The number of pyridine rings is 2. The number of anilines is 1.